The molecule has 1 aromatic carbocycles. The largest absolute Gasteiger partial charge is 0.427 e. The molecule has 0 saturated heterocycles. The maximum Gasteiger partial charge on any atom is 0.346 e. The van der Waals surface area contributed by atoms with Crippen molar-refractivity contribution in [2.75, 3.05) is 0 Å². The number of unbranched alkanes of at least 4 members (excludes halogenated alkanes) is 3. The quantitative estimate of drug-likeness (QED) is 0.271. The van der Waals surface area contributed by atoms with Crippen LogP contribution in [-0.4, -0.2) is 0 Å². The molecule has 0 amide bonds. The van der Waals surface area contributed by atoms with Crippen molar-refractivity contribution < 1.29 is 8.81 Å². The van der Waals surface area contributed by atoms with Crippen molar-refractivity contribution in [1.82, 2.24) is 0 Å². The lowest BCUT2D eigenvalue weighted by molar-refractivity contribution is 0.295. The van der Waals surface area contributed by atoms with Crippen molar-refractivity contribution >= 4 is 10.8 Å². The molecule has 0 N–H and O–H groups in total. The van der Waals surface area contributed by atoms with E-state index in [0.29, 0.717) is 35.0 Å². The highest BCUT2D eigenvalue weighted by Crippen LogP contribution is 2.33. The van der Waals surface area contributed by atoms with Crippen molar-refractivity contribution in [1.29, 1.82) is 0 Å². The Bertz CT molecular complexity index is 932. The zero-order valence-corrected chi connectivity index (χ0v) is 19.0. The van der Waals surface area contributed by atoms with E-state index in [1.807, 2.05) is 24.3 Å². The van der Waals surface area contributed by atoms with Gasteiger partial charge in [-0.05, 0) is 86.6 Å². The molecule has 1 aliphatic carbocycles. The Hall–Kier alpha value is -2.16. The number of aryl methyl sites for hydroxylation is 2. The fraction of sp³-hybridized carbons (Fsp3) is 0.536. The minimum atomic E-state index is -0.535. The van der Waals surface area contributed by atoms with E-state index in [1.165, 1.54) is 25.7 Å². The zero-order valence-electron chi connectivity index (χ0n) is 19.0. The number of halogens is 1. The molecule has 1 saturated carbocycles. The first kappa shape index (κ1) is 23.5. The Morgan fingerprint density at radius 3 is 2.68 bits per heavy atom. The van der Waals surface area contributed by atoms with Crippen molar-refractivity contribution in [3.63, 3.8) is 0 Å². The van der Waals surface area contributed by atoms with Gasteiger partial charge in [0.1, 0.15) is 17.0 Å². The van der Waals surface area contributed by atoms with Gasteiger partial charge in [-0.2, -0.15) is 0 Å². The number of fused-ring (bicyclic) bond motifs is 1. The van der Waals surface area contributed by atoms with Crippen LogP contribution in [-0.2, 0) is 12.8 Å². The first-order valence-corrected chi connectivity index (χ1v) is 12.1. The van der Waals surface area contributed by atoms with Crippen molar-refractivity contribution in [3.8, 4) is 0 Å². The SMILES string of the molecule is C=CCC/C=C/C1CCC(CCc2ccc3cc(CCCCC)oc(=O)c3c2F)CC1. The highest BCUT2D eigenvalue weighted by molar-refractivity contribution is 5.82. The van der Waals surface area contributed by atoms with E-state index in [4.69, 9.17) is 4.42 Å². The molecule has 0 radical (unpaired) electrons. The number of hydrogen-bond donors (Lipinski definition) is 0. The molecule has 1 aliphatic rings. The van der Waals surface area contributed by atoms with Gasteiger partial charge in [-0.1, -0.05) is 50.1 Å². The summed E-state index contributed by atoms with van der Waals surface area (Å²) in [6.07, 6.45) is 19.2. The number of allylic oxidation sites excluding steroid dienone is 3. The van der Waals surface area contributed by atoms with Crippen LogP contribution in [0.5, 0.6) is 0 Å². The maximum absolute atomic E-state index is 15.1. The average Bonchev–Trinajstić information content (AvgIpc) is 2.77. The third-order valence-electron chi connectivity index (χ3n) is 6.68. The first-order chi connectivity index (χ1) is 15.1. The first-order valence-electron chi connectivity index (χ1n) is 12.1. The third-order valence-corrected chi connectivity index (χ3v) is 6.68. The highest BCUT2D eigenvalue weighted by Gasteiger charge is 2.20. The van der Waals surface area contributed by atoms with Crippen molar-refractivity contribution in [2.45, 2.75) is 84.0 Å². The van der Waals surface area contributed by atoms with Gasteiger partial charge in [-0.25, -0.2) is 9.18 Å². The van der Waals surface area contributed by atoms with Crippen LogP contribution in [0.25, 0.3) is 10.8 Å². The van der Waals surface area contributed by atoms with E-state index in [0.717, 1.165) is 44.9 Å². The standard InChI is InChI=1S/C28H37FO2/c1-3-5-7-9-10-21-12-14-22(15-13-21)16-17-23-18-19-24-20-25(11-8-6-4-2)31-28(30)26(24)27(23)29/h3,9-10,18-22H,1,4-8,11-17H2,2H3/b10-9+. The van der Waals surface area contributed by atoms with Gasteiger partial charge >= 0.3 is 5.63 Å². The van der Waals surface area contributed by atoms with Crippen molar-refractivity contribution in [3.05, 3.63) is 70.6 Å². The fourth-order valence-corrected chi connectivity index (χ4v) is 4.73. The summed E-state index contributed by atoms with van der Waals surface area (Å²) in [6.45, 7) is 5.90. The Morgan fingerprint density at radius 2 is 1.94 bits per heavy atom. The number of rotatable bonds is 11. The van der Waals surface area contributed by atoms with Crippen LogP contribution in [0.4, 0.5) is 4.39 Å². The normalized spacial score (nSPS) is 19.3. The second-order valence-corrected chi connectivity index (χ2v) is 9.07. The van der Waals surface area contributed by atoms with Crippen LogP contribution in [0.15, 0.2) is 52.2 Å². The van der Waals surface area contributed by atoms with Gasteiger partial charge in [0.15, 0.2) is 0 Å². The lowest BCUT2D eigenvalue weighted by Gasteiger charge is -2.26. The van der Waals surface area contributed by atoms with E-state index < -0.39 is 5.63 Å². The molecule has 2 nitrogen and oxygen atoms in total. The summed E-state index contributed by atoms with van der Waals surface area (Å²) >= 11 is 0. The molecular formula is C28H37FO2. The molecule has 0 aliphatic heterocycles. The molecule has 3 heteroatoms. The second-order valence-electron chi connectivity index (χ2n) is 9.07. The van der Waals surface area contributed by atoms with E-state index in [-0.39, 0.29) is 11.2 Å². The van der Waals surface area contributed by atoms with Crippen LogP contribution in [0.2, 0.25) is 0 Å². The van der Waals surface area contributed by atoms with E-state index in [9.17, 15) is 4.79 Å². The molecule has 2 aromatic rings. The molecule has 0 atom stereocenters. The molecule has 168 valence electrons. The lowest BCUT2D eigenvalue weighted by atomic mass is 9.79. The summed E-state index contributed by atoms with van der Waals surface area (Å²) in [4.78, 5) is 12.5. The van der Waals surface area contributed by atoms with Gasteiger partial charge in [-0.3, -0.25) is 0 Å². The molecule has 1 heterocycles. The van der Waals surface area contributed by atoms with Gasteiger partial charge in [0, 0.05) is 6.42 Å². The van der Waals surface area contributed by atoms with E-state index in [1.54, 1.807) is 0 Å². The summed E-state index contributed by atoms with van der Waals surface area (Å²) in [7, 11) is 0. The molecule has 0 spiro atoms. The summed E-state index contributed by atoms with van der Waals surface area (Å²) in [5.41, 5.74) is 0.108. The molecule has 0 unspecified atom stereocenters. The molecular weight excluding hydrogens is 387 g/mol. The number of hydrogen-bond acceptors (Lipinski definition) is 2. The third kappa shape index (κ3) is 6.66. The van der Waals surface area contributed by atoms with Gasteiger partial charge in [0.05, 0.1) is 0 Å². The topological polar surface area (TPSA) is 30.2 Å². The van der Waals surface area contributed by atoms with E-state index >= 15 is 4.39 Å². The fourth-order valence-electron chi connectivity index (χ4n) is 4.73. The summed E-state index contributed by atoms with van der Waals surface area (Å²) in [6, 6.07) is 5.59. The average molecular weight is 425 g/mol. The van der Waals surface area contributed by atoms with E-state index in [2.05, 4.69) is 25.7 Å². The van der Waals surface area contributed by atoms with Crippen LogP contribution < -0.4 is 5.63 Å². The zero-order chi connectivity index (χ0) is 22.1. The highest BCUT2D eigenvalue weighted by atomic mass is 19.1. The van der Waals surface area contributed by atoms with Crippen LogP contribution >= 0.6 is 0 Å². The van der Waals surface area contributed by atoms with Gasteiger partial charge in [0.2, 0.25) is 0 Å². The Labute approximate surface area is 186 Å². The van der Waals surface area contributed by atoms with Gasteiger partial charge in [0.25, 0.3) is 0 Å². The molecule has 3 rings (SSSR count). The minimum Gasteiger partial charge on any atom is -0.427 e. The molecule has 1 fully saturated rings. The van der Waals surface area contributed by atoms with Gasteiger partial charge < -0.3 is 4.42 Å². The summed E-state index contributed by atoms with van der Waals surface area (Å²) in [5.74, 6) is 1.61. The van der Waals surface area contributed by atoms with Crippen molar-refractivity contribution in [2.24, 2.45) is 11.8 Å². The van der Waals surface area contributed by atoms with Crippen LogP contribution in [0.1, 0.15) is 82.5 Å². The van der Waals surface area contributed by atoms with Gasteiger partial charge in [-0.15, -0.1) is 6.58 Å². The summed E-state index contributed by atoms with van der Waals surface area (Å²) in [5, 5.41) is 0.776. The molecule has 31 heavy (non-hydrogen) atoms. The maximum atomic E-state index is 15.1. The second kappa shape index (κ2) is 12.0. The Morgan fingerprint density at radius 1 is 1.13 bits per heavy atom. The Kier molecular flexibility index (Phi) is 9.12. The Balaban J connectivity index is 1.57. The minimum absolute atomic E-state index is 0.116. The molecule has 0 bridgehead atoms. The smallest absolute Gasteiger partial charge is 0.346 e. The predicted molar refractivity (Wildman–Crippen MR) is 128 cm³/mol. The molecule has 1 aromatic heterocycles. The predicted octanol–water partition coefficient (Wildman–Crippen LogP) is 7.93. The number of benzene rings is 1. The van der Waals surface area contributed by atoms with Crippen LogP contribution in [0.3, 0.4) is 0 Å². The summed E-state index contributed by atoms with van der Waals surface area (Å²) < 4.78 is 20.5. The van der Waals surface area contributed by atoms with Crippen LogP contribution in [0, 0.1) is 17.7 Å². The lowest BCUT2D eigenvalue weighted by Crippen LogP contribution is -2.14. The monoisotopic (exact) mass is 424 g/mol.